The third kappa shape index (κ3) is 2.29. The van der Waals surface area contributed by atoms with Crippen molar-refractivity contribution in [1.82, 2.24) is 5.32 Å². The van der Waals surface area contributed by atoms with Crippen LogP contribution in [0.1, 0.15) is 45.4 Å². The van der Waals surface area contributed by atoms with E-state index in [0.717, 1.165) is 12.8 Å². The Morgan fingerprint density at radius 2 is 2.00 bits per heavy atom. The second-order valence-electron chi connectivity index (χ2n) is 5.70. The average Bonchev–Trinajstić information content (AvgIpc) is 2.97. The van der Waals surface area contributed by atoms with E-state index in [1.54, 1.807) is 0 Å². The number of hydrogen-bond acceptors (Lipinski definition) is 3. The molecule has 4 N–H and O–H groups in total. The minimum absolute atomic E-state index is 0.297. The topological polar surface area (TPSA) is 92.4 Å². The van der Waals surface area contributed by atoms with Gasteiger partial charge in [0.1, 0.15) is 5.54 Å². The van der Waals surface area contributed by atoms with Gasteiger partial charge in [-0.1, -0.05) is 19.8 Å². The van der Waals surface area contributed by atoms with Crippen molar-refractivity contribution in [1.29, 1.82) is 0 Å². The zero-order valence-corrected chi connectivity index (χ0v) is 10.2. The molecular weight excluding hydrogens is 220 g/mol. The van der Waals surface area contributed by atoms with Crippen LogP contribution in [0.5, 0.6) is 0 Å². The second-order valence-corrected chi connectivity index (χ2v) is 5.70. The lowest BCUT2D eigenvalue weighted by Gasteiger charge is -2.37. The Labute approximate surface area is 101 Å². The highest BCUT2D eigenvalue weighted by Crippen LogP contribution is 2.36. The summed E-state index contributed by atoms with van der Waals surface area (Å²) in [5, 5.41) is 12.1. The van der Waals surface area contributed by atoms with Crippen LogP contribution in [0.15, 0.2) is 0 Å². The zero-order chi connectivity index (χ0) is 12.7. The standard InChI is InChI=1S/C12H20N2O3/c1-8-3-2-4-12(7-8,10(16)17)14-9(15)11(13)5-6-11/h8H,2-7,13H2,1H3,(H,14,15)(H,16,17). The molecule has 2 aliphatic carbocycles. The lowest BCUT2D eigenvalue weighted by Crippen LogP contribution is -2.60. The number of aliphatic carboxylic acids is 1. The number of rotatable bonds is 3. The monoisotopic (exact) mass is 240 g/mol. The molecule has 2 saturated carbocycles. The summed E-state index contributed by atoms with van der Waals surface area (Å²) in [7, 11) is 0. The summed E-state index contributed by atoms with van der Waals surface area (Å²) in [5.41, 5.74) is 3.90. The first-order chi connectivity index (χ1) is 7.88. The van der Waals surface area contributed by atoms with Crippen molar-refractivity contribution in [2.75, 3.05) is 0 Å². The Hall–Kier alpha value is -1.10. The quantitative estimate of drug-likeness (QED) is 0.674. The molecule has 0 aliphatic heterocycles. The Kier molecular flexibility index (Phi) is 2.89. The maximum absolute atomic E-state index is 11.9. The number of carbonyl (C=O) groups is 2. The van der Waals surface area contributed by atoms with Crippen molar-refractivity contribution >= 4 is 11.9 Å². The van der Waals surface area contributed by atoms with Crippen LogP contribution in [-0.2, 0) is 9.59 Å². The highest BCUT2D eigenvalue weighted by molar-refractivity contribution is 5.94. The second kappa shape index (κ2) is 3.98. The van der Waals surface area contributed by atoms with Crippen molar-refractivity contribution in [2.45, 2.75) is 56.5 Å². The van der Waals surface area contributed by atoms with Gasteiger partial charge in [0, 0.05) is 0 Å². The Morgan fingerprint density at radius 1 is 1.35 bits per heavy atom. The molecule has 0 bridgehead atoms. The van der Waals surface area contributed by atoms with Gasteiger partial charge in [-0.3, -0.25) is 4.79 Å². The molecule has 2 rings (SSSR count). The third-order valence-electron chi connectivity index (χ3n) is 4.00. The molecule has 2 aliphatic rings. The number of carboxylic acid groups (broad SMARTS) is 1. The lowest BCUT2D eigenvalue weighted by molar-refractivity contribution is -0.150. The van der Waals surface area contributed by atoms with Gasteiger partial charge in [-0.25, -0.2) is 4.79 Å². The maximum atomic E-state index is 11.9. The summed E-state index contributed by atoms with van der Waals surface area (Å²) in [6.45, 7) is 2.03. The molecule has 0 aromatic carbocycles. The molecule has 2 fully saturated rings. The minimum Gasteiger partial charge on any atom is -0.480 e. The molecule has 0 aromatic heterocycles. The van der Waals surface area contributed by atoms with Gasteiger partial charge in [0.2, 0.25) is 5.91 Å². The number of amides is 1. The summed E-state index contributed by atoms with van der Waals surface area (Å²) in [6, 6.07) is 0. The molecule has 0 radical (unpaired) electrons. The van der Waals surface area contributed by atoms with E-state index in [0.29, 0.717) is 31.6 Å². The summed E-state index contributed by atoms with van der Waals surface area (Å²) < 4.78 is 0. The van der Waals surface area contributed by atoms with Crippen LogP contribution in [-0.4, -0.2) is 28.1 Å². The van der Waals surface area contributed by atoms with Crippen LogP contribution in [0.4, 0.5) is 0 Å². The average molecular weight is 240 g/mol. The van der Waals surface area contributed by atoms with Crippen molar-refractivity contribution in [3.63, 3.8) is 0 Å². The molecule has 0 heterocycles. The van der Waals surface area contributed by atoms with Crippen molar-refractivity contribution < 1.29 is 14.7 Å². The van der Waals surface area contributed by atoms with E-state index in [-0.39, 0.29) is 5.91 Å². The fourth-order valence-corrected chi connectivity index (χ4v) is 2.62. The van der Waals surface area contributed by atoms with Crippen molar-refractivity contribution in [3.05, 3.63) is 0 Å². The fourth-order valence-electron chi connectivity index (χ4n) is 2.62. The number of nitrogens with two attached hydrogens (primary N) is 1. The van der Waals surface area contributed by atoms with E-state index in [4.69, 9.17) is 5.73 Å². The van der Waals surface area contributed by atoms with E-state index < -0.39 is 17.0 Å². The first-order valence-corrected chi connectivity index (χ1v) is 6.23. The minimum atomic E-state index is -1.09. The van der Waals surface area contributed by atoms with Gasteiger partial charge in [-0.15, -0.1) is 0 Å². The number of carbonyl (C=O) groups excluding carboxylic acids is 1. The predicted octanol–water partition coefficient (Wildman–Crippen LogP) is 0.627. The molecule has 1 amide bonds. The van der Waals surface area contributed by atoms with Crippen LogP contribution in [0.3, 0.4) is 0 Å². The smallest absolute Gasteiger partial charge is 0.329 e. The van der Waals surface area contributed by atoms with Crippen LogP contribution < -0.4 is 11.1 Å². The number of carboxylic acids is 1. The fraction of sp³-hybridized carbons (Fsp3) is 0.833. The summed E-state index contributed by atoms with van der Waals surface area (Å²) in [6.07, 6.45) is 4.19. The highest BCUT2D eigenvalue weighted by Gasteiger charge is 2.51. The van der Waals surface area contributed by atoms with Crippen LogP contribution in [0, 0.1) is 5.92 Å². The molecule has 0 aromatic rings. The van der Waals surface area contributed by atoms with Crippen molar-refractivity contribution in [3.8, 4) is 0 Å². The van der Waals surface area contributed by atoms with Crippen LogP contribution in [0.25, 0.3) is 0 Å². The number of hydrogen-bond donors (Lipinski definition) is 3. The summed E-state index contributed by atoms with van der Waals surface area (Å²) >= 11 is 0. The van der Waals surface area contributed by atoms with Gasteiger partial charge in [0.25, 0.3) is 0 Å². The van der Waals surface area contributed by atoms with Crippen LogP contribution >= 0.6 is 0 Å². The van der Waals surface area contributed by atoms with E-state index >= 15 is 0 Å². The Balaban J connectivity index is 2.11. The molecule has 2 atom stereocenters. The summed E-state index contributed by atoms with van der Waals surface area (Å²) in [5.74, 6) is -0.899. The molecular formula is C12H20N2O3. The lowest BCUT2D eigenvalue weighted by atomic mass is 9.76. The first-order valence-electron chi connectivity index (χ1n) is 6.23. The van der Waals surface area contributed by atoms with Gasteiger partial charge in [-0.2, -0.15) is 0 Å². The normalized spacial score (nSPS) is 35.1. The molecule has 0 spiro atoms. The predicted molar refractivity (Wildman–Crippen MR) is 62.3 cm³/mol. The third-order valence-corrected chi connectivity index (χ3v) is 4.00. The van der Waals surface area contributed by atoms with E-state index in [1.165, 1.54) is 0 Å². The van der Waals surface area contributed by atoms with Gasteiger partial charge in [0.15, 0.2) is 0 Å². The largest absolute Gasteiger partial charge is 0.480 e. The van der Waals surface area contributed by atoms with Gasteiger partial charge < -0.3 is 16.2 Å². The number of nitrogens with one attached hydrogen (secondary N) is 1. The molecule has 96 valence electrons. The van der Waals surface area contributed by atoms with E-state index in [2.05, 4.69) is 5.32 Å². The SMILES string of the molecule is CC1CCCC(NC(=O)C2(N)CC2)(C(=O)O)C1. The summed E-state index contributed by atoms with van der Waals surface area (Å²) in [4.78, 5) is 23.4. The Bertz CT molecular complexity index is 352. The highest BCUT2D eigenvalue weighted by atomic mass is 16.4. The molecule has 2 unspecified atom stereocenters. The van der Waals surface area contributed by atoms with Crippen molar-refractivity contribution in [2.24, 2.45) is 11.7 Å². The molecule has 17 heavy (non-hydrogen) atoms. The van der Waals surface area contributed by atoms with E-state index in [9.17, 15) is 14.7 Å². The first kappa shape index (κ1) is 12.4. The van der Waals surface area contributed by atoms with Gasteiger partial charge in [0.05, 0.1) is 5.54 Å². The molecule has 5 heteroatoms. The Morgan fingerprint density at radius 3 is 2.47 bits per heavy atom. The molecule has 5 nitrogen and oxygen atoms in total. The zero-order valence-electron chi connectivity index (χ0n) is 10.2. The molecule has 0 saturated heterocycles. The van der Waals surface area contributed by atoms with E-state index in [1.807, 2.05) is 6.92 Å². The van der Waals surface area contributed by atoms with Gasteiger partial charge >= 0.3 is 5.97 Å². The van der Waals surface area contributed by atoms with Crippen LogP contribution in [0.2, 0.25) is 0 Å². The maximum Gasteiger partial charge on any atom is 0.329 e. The van der Waals surface area contributed by atoms with Gasteiger partial charge in [-0.05, 0) is 31.6 Å².